The van der Waals surface area contributed by atoms with Crippen molar-refractivity contribution in [3.63, 3.8) is 0 Å². The zero-order chi connectivity index (χ0) is 13.8. The Morgan fingerprint density at radius 2 is 1.78 bits per heavy atom. The number of hydrogen-bond acceptors (Lipinski definition) is 4. The molecule has 0 amide bonds. The van der Waals surface area contributed by atoms with Crippen molar-refractivity contribution in [3.8, 4) is 5.75 Å². The van der Waals surface area contributed by atoms with Crippen molar-refractivity contribution < 1.29 is 13.2 Å². The second kappa shape index (κ2) is 6.20. The third-order valence-electron chi connectivity index (χ3n) is 2.98. The largest absolute Gasteiger partial charge is 0.495 e. The number of methoxy groups -OCH3 is 1. The molecule has 0 aromatic heterocycles. The van der Waals surface area contributed by atoms with Gasteiger partial charge in [0.25, 0.3) is 0 Å². The Labute approximate surface area is 109 Å². The maximum absolute atomic E-state index is 12.2. The minimum atomic E-state index is -3.30. The molecule has 0 saturated heterocycles. The standard InChI is InChI=1S/C13H21NO3S/c1-10-8-12(17-3)13(9-11(10)2)18(15,16)7-5-4-6-14/h8-9H,4-7,14H2,1-3H3. The van der Waals surface area contributed by atoms with Gasteiger partial charge in [0, 0.05) is 0 Å². The molecule has 4 nitrogen and oxygen atoms in total. The summed E-state index contributed by atoms with van der Waals surface area (Å²) in [5.41, 5.74) is 7.35. The van der Waals surface area contributed by atoms with Gasteiger partial charge < -0.3 is 10.5 Å². The second-order valence-corrected chi connectivity index (χ2v) is 6.48. The number of sulfone groups is 1. The maximum atomic E-state index is 12.2. The molecule has 1 aromatic rings. The summed E-state index contributed by atoms with van der Waals surface area (Å²) in [5, 5.41) is 0. The summed E-state index contributed by atoms with van der Waals surface area (Å²) in [5.74, 6) is 0.536. The van der Waals surface area contributed by atoms with Crippen molar-refractivity contribution in [1.82, 2.24) is 0 Å². The van der Waals surface area contributed by atoms with E-state index < -0.39 is 9.84 Å². The zero-order valence-electron chi connectivity index (χ0n) is 11.2. The van der Waals surface area contributed by atoms with Crippen LogP contribution in [0.1, 0.15) is 24.0 Å². The van der Waals surface area contributed by atoms with E-state index in [2.05, 4.69) is 0 Å². The van der Waals surface area contributed by atoms with E-state index in [-0.39, 0.29) is 10.6 Å². The van der Waals surface area contributed by atoms with Gasteiger partial charge in [0.05, 0.1) is 12.9 Å². The van der Waals surface area contributed by atoms with Gasteiger partial charge in [0.1, 0.15) is 10.6 Å². The second-order valence-electron chi connectivity index (χ2n) is 4.40. The monoisotopic (exact) mass is 271 g/mol. The Morgan fingerprint density at radius 1 is 1.17 bits per heavy atom. The van der Waals surface area contributed by atoms with Gasteiger partial charge in [0.2, 0.25) is 0 Å². The molecule has 18 heavy (non-hydrogen) atoms. The van der Waals surface area contributed by atoms with Gasteiger partial charge in [-0.3, -0.25) is 0 Å². The smallest absolute Gasteiger partial charge is 0.182 e. The van der Waals surface area contributed by atoms with E-state index in [1.807, 2.05) is 13.8 Å². The third kappa shape index (κ3) is 3.46. The molecule has 0 atom stereocenters. The first-order valence-corrected chi connectivity index (χ1v) is 7.65. The van der Waals surface area contributed by atoms with Gasteiger partial charge in [-0.15, -0.1) is 0 Å². The predicted molar refractivity (Wildman–Crippen MR) is 72.8 cm³/mol. The molecule has 1 rings (SSSR count). The molecule has 0 aliphatic carbocycles. The quantitative estimate of drug-likeness (QED) is 0.801. The van der Waals surface area contributed by atoms with Crippen LogP contribution in [0, 0.1) is 13.8 Å². The molecule has 0 bridgehead atoms. The SMILES string of the molecule is COc1cc(C)c(C)cc1S(=O)(=O)CCCCN. The lowest BCUT2D eigenvalue weighted by Gasteiger charge is -2.12. The molecular formula is C13H21NO3S. The molecule has 102 valence electrons. The van der Waals surface area contributed by atoms with Crippen LogP contribution in [0.15, 0.2) is 17.0 Å². The molecule has 0 aliphatic rings. The van der Waals surface area contributed by atoms with Crippen LogP contribution in [0.2, 0.25) is 0 Å². The molecule has 0 aliphatic heterocycles. The zero-order valence-corrected chi connectivity index (χ0v) is 12.0. The summed E-state index contributed by atoms with van der Waals surface area (Å²) in [6.45, 7) is 4.34. The Kier molecular flexibility index (Phi) is 5.16. The first-order valence-electron chi connectivity index (χ1n) is 6.00. The average Bonchev–Trinajstić information content (AvgIpc) is 2.32. The molecular weight excluding hydrogens is 250 g/mol. The highest BCUT2D eigenvalue weighted by molar-refractivity contribution is 7.91. The van der Waals surface area contributed by atoms with Crippen LogP contribution in [-0.4, -0.2) is 27.8 Å². The van der Waals surface area contributed by atoms with Gasteiger partial charge in [-0.05, 0) is 56.5 Å². The summed E-state index contributed by atoms with van der Waals surface area (Å²) in [4.78, 5) is 0.283. The molecule has 2 N–H and O–H groups in total. The summed E-state index contributed by atoms with van der Waals surface area (Å²) >= 11 is 0. The van der Waals surface area contributed by atoms with Gasteiger partial charge in [0.15, 0.2) is 9.84 Å². The van der Waals surface area contributed by atoms with Crippen molar-refractivity contribution in [3.05, 3.63) is 23.3 Å². The van der Waals surface area contributed by atoms with E-state index in [0.717, 1.165) is 11.1 Å². The lowest BCUT2D eigenvalue weighted by molar-refractivity contribution is 0.402. The molecule has 0 heterocycles. The Hall–Kier alpha value is -1.07. The van der Waals surface area contributed by atoms with Crippen LogP contribution in [0.5, 0.6) is 5.75 Å². The highest BCUT2D eigenvalue weighted by Gasteiger charge is 2.20. The third-order valence-corrected chi connectivity index (χ3v) is 4.80. The number of nitrogens with two attached hydrogens (primary N) is 1. The van der Waals surface area contributed by atoms with E-state index >= 15 is 0 Å². The van der Waals surface area contributed by atoms with Crippen molar-refractivity contribution in [2.24, 2.45) is 5.73 Å². The van der Waals surface area contributed by atoms with Gasteiger partial charge in [-0.1, -0.05) is 0 Å². The Balaban J connectivity index is 3.11. The number of rotatable bonds is 6. The molecule has 0 saturated carbocycles. The van der Waals surface area contributed by atoms with Gasteiger partial charge in [-0.2, -0.15) is 0 Å². The average molecular weight is 271 g/mol. The van der Waals surface area contributed by atoms with Crippen LogP contribution in [0.25, 0.3) is 0 Å². The van der Waals surface area contributed by atoms with E-state index in [9.17, 15) is 8.42 Å². The van der Waals surface area contributed by atoms with Crippen LogP contribution in [0.3, 0.4) is 0 Å². The Bertz CT molecular complexity index is 509. The maximum Gasteiger partial charge on any atom is 0.182 e. The summed E-state index contributed by atoms with van der Waals surface area (Å²) in [7, 11) is -1.81. The molecule has 0 radical (unpaired) electrons. The molecule has 0 spiro atoms. The summed E-state index contributed by atoms with van der Waals surface area (Å²) < 4.78 is 29.6. The van der Waals surface area contributed by atoms with Crippen molar-refractivity contribution >= 4 is 9.84 Å². The number of hydrogen-bond donors (Lipinski definition) is 1. The molecule has 0 fully saturated rings. The molecule has 1 aromatic carbocycles. The van der Waals surface area contributed by atoms with E-state index in [1.54, 1.807) is 12.1 Å². The lowest BCUT2D eigenvalue weighted by atomic mass is 10.1. The lowest BCUT2D eigenvalue weighted by Crippen LogP contribution is -2.11. The minimum Gasteiger partial charge on any atom is -0.495 e. The van der Waals surface area contributed by atoms with Crippen LogP contribution >= 0.6 is 0 Å². The number of ether oxygens (including phenoxy) is 1. The minimum absolute atomic E-state index is 0.114. The van der Waals surface area contributed by atoms with Crippen molar-refractivity contribution in [1.29, 1.82) is 0 Å². The van der Waals surface area contributed by atoms with E-state index in [4.69, 9.17) is 10.5 Å². The number of aryl methyl sites for hydroxylation is 2. The summed E-state index contributed by atoms with van der Waals surface area (Å²) in [6.07, 6.45) is 1.29. The number of unbranched alkanes of at least 4 members (excludes halogenated alkanes) is 1. The van der Waals surface area contributed by atoms with Crippen LogP contribution in [-0.2, 0) is 9.84 Å². The highest BCUT2D eigenvalue weighted by atomic mass is 32.2. The fourth-order valence-corrected chi connectivity index (χ4v) is 3.32. The van der Waals surface area contributed by atoms with Gasteiger partial charge >= 0.3 is 0 Å². The van der Waals surface area contributed by atoms with E-state index in [0.29, 0.717) is 25.1 Å². The van der Waals surface area contributed by atoms with E-state index in [1.165, 1.54) is 7.11 Å². The molecule has 0 unspecified atom stereocenters. The highest BCUT2D eigenvalue weighted by Crippen LogP contribution is 2.28. The van der Waals surface area contributed by atoms with Crippen LogP contribution < -0.4 is 10.5 Å². The predicted octanol–water partition coefficient (Wildman–Crippen LogP) is 1.82. The molecule has 5 heteroatoms. The number of benzene rings is 1. The first-order chi connectivity index (χ1) is 8.42. The fourth-order valence-electron chi connectivity index (χ4n) is 1.71. The topological polar surface area (TPSA) is 69.4 Å². The summed E-state index contributed by atoms with van der Waals surface area (Å²) in [6, 6.07) is 3.46. The van der Waals surface area contributed by atoms with Crippen molar-refractivity contribution in [2.75, 3.05) is 19.4 Å². The first kappa shape index (κ1) is 15.0. The fraction of sp³-hybridized carbons (Fsp3) is 0.538. The normalized spacial score (nSPS) is 11.6. The van der Waals surface area contributed by atoms with Crippen LogP contribution in [0.4, 0.5) is 0 Å². The Morgan fingerprint density at radius 3 is 2.33 bits per heavy atom. The van der Waals surface area contributed by atoms with Gasteiger partial charge in [-0.25, -0.2) is 8.42 Å². The van der Waals surface area contributed by atoms with Crippen molar-refractivity contribution in [2.45, 2.75) is 31.6 Å².